The third kappa shape index (κ3) is 4.47. The predicted octanol–water partition coefficient (Wildman–Crippen LogP) is 4.84. The summed E-state index contributed by atoms with van der Waals surface area (Å²) in [5, 5.41) is 19.7. The van der Waals surface area contributed by atoms with Crippen LogP contribution in [0.4, 0.5) is 5.82 Å². The van der Waals surface area contributed by atoms with Crippen molar-refractivity contribution in [2.45, 2.75) is 38.2 Å². The van der Waals surface area contributed by atoms with Gasteiger partial charge in [0, 0.05) is 21.4 Å². The minimum absolute atomic E-state index is 0.0359. The number of hydrogen-bond donors (Lipinski definition) is 2. The van der Waals surface area contributed by atoms with Gasteiger partial charge in [-0.3, -0.25) is 0 Å². The molecule has 3 N–H and O–H groups in total. The van der Waals surface area contributed by atoms with Crippen LogP contribution in [0.1, 0.15) is 32.1 Å². The minimum Gasteiger partial charge on any atom is -0.393 e. The second kappa shape index (κ2) is 8.28. The number of aliphatic hydroxyl groups excluding tert-OH is 1. The van der Waals surface area contributed by atoms with Gasteiger partial charge in [-0.25, -0.2) is 0 Å². The van der Waals surface area contributed by atoms with E-state index in [-0.39, 0.29) is 6.10 Å². The minimum atomic E-state index is 0.0359. The van der Waals surface area contributed by atoms with Crippen LogP contribution in [0.3, 0.4) is 0 Å². The summed E-state index contributed by atoms with van der Waals surface area (Å²) in [4.78, 5) is 0. The zero-order valence-corrected chi connectivity index (χ0v) is 14.8. The van der Waals surface area contributed by atoms with Crippen LogP contribution < -0.4 is 5.73 Å². The van der Waals surface area contributed by atoms with E-state index in [1.54, 1.807) is 0 Å². The number of fused-ring (bicyclic) bond motifs is 1. The summed E-state index contributed by atoms with van der Waals surface area (Å²) in [5.41, 5.74) is 7.62. The fourth-order valence-corrected chi connectivity index (χ4v) is 3.15. The molecule has 0 amide bonds. The zero-order chi connectivity index (χ0) is 17.6. The summed E-state index contributed by atoms with van der Waals surface area (Å²) in [5.74, 6) is 0.448. The number of rotatable bonds is 1. The molecule has 0 bridgehead atoms. The molecule has 0 aliphatic heterocycles. The number of nitrogen functional groups attached to an aromatic ring is 1. The first-order valence-corrected chi connectivity index (χ1v) is 8.98. The molecule has 4 nitrogen and oxygen atoms in total. The van der Waals surface area contributed by atoms with Gasteiger partial charge in [0.1, 0.15) is 5.69 Å². The number of nitrogens with zero attached hydrogens (tertiary/aromatic N) is 2. The molecule has 1 saturated carbocycles. The Morgan fingerprint density at radius 3 is 2.12 bits per heavy atom. The van der Waals surface area contributed by atoms with E-state index in [0.29, 0.717) is 10.8 Å². The van der Waals surface area contributed by atoms with E-state index in [9.17, 15) is 0 Å². The summed E-state index contributed by atoms with van der Waals surface area (Å²) < 4.78 is 0. The number of hydrogen-bond acceptors (Lipinski definition) is 4. The maximum absolute atomic E-state index is 8.91. The van der Waals surface area contributed by atoms with E-state index in [1.807, 2.05) is 48.5 Å². The van der Waals surface area contributed by atoms with E-state index in [2.05, 4.69) is 10.2 Å². The molecule has 1 fully saturated rings. The van der Waals surface area contributed by atoms with E-state index in [1.165, 1.54) is 19.3 Å². The van der Waals surface area contributed by atoms with Gasteiger partial charge in [0.05, 0.1) is 6.10 Å². The molecule has 130 valence electrons. The summed E-state index contributed by atoms with van der Waals surface area (Å²) in [6.45, 7) is 0. The molecular weight excluding hydrogens is 334 g/mol. The lowest BCUT2D eigenvalue weighted by molar-refractivity contribution is 0.130. The number of halogens is 1. The van der Waals surface area contributed by atoms with Gasteiger partial charge >= 0.3 is 0 Å². The lowest BCUT2D eigenvalue weighted by Crippen LogP contribution is -2.09. The Labute approximate surface area is 152 Å². The molecule has 0 unspecified atom stereocenters. The fourth-order valence-electron chi connectivity index (χ4n) is 3.03. The molecule has 1 aliphatic carbocycles. The quantitative estimate of drug-likeness (QED) is 0.654. The molecule has 3 aromatic rings. The Morgan fingerprint density at radius 2 is 1.52 bits per heavy atom. The van der Waals surface area contributed by atoms with Crippen molar-refractivity contribution < 1.29 is 5.11 Å². The van der Waals surface area contributed by atoms with Crippen LogP contribution in [0.5, 0.6) is 0 Å². The highest BCUT2D eigenvalue weighted by atomic mass is 35.5. The zero-order valence-electron chi connectivity index (χ0n) is 14.0. The maximum atomic E-state index is 8.91. The van der Waals surface area contributed by atoms with Crippen LogP contribution in [0, 0.1) is 0 Å². The van der Waals surface area contributed by atoms with Crippen LogP contribution in [0.25, 0.3) is 22.0 Å². The highest BCUT2D eigenvalue weighted by Gasteiger charge is 2.09. The summed E-state index contributed by atoms with van der Waals surface area (Å²) in [6.07, 6.45) is 5.92. The van der Waals surface area contributed by atoms with Gasteiger partial charge in [0.25, 0.3) is 0 Å². The first-order chi connectivity index (χ1) is 12.1. The number of aromatic nitrogens is 2. The van der Waals surface area contributed by atoms with Crippen LogP contribution in [-0.4, -0.2) is 21.4 Å². The average molecular weight is 356 g/mol. The summed E-state index contributed by atoms with van der Waals surface area (Å²) >= 11 is 5.89. The standard InChI is InChI=1S/C14H10ClN3.C6H12O/c15-10-7-5-9(6-8-10)13-11-3-1-2-4-12(11)14(16)18-17-13;7-6-4-2-1-3-5-6/h1-8H,(H2,16,18);6-7H,1-5H2. The Hall–Kier alpha value is -2.17. The van der Waals surface area contributed by atoms with Crippen molar-refractivity contribution >= 4 is 28.2 Å². The third-order valence-electron chi connectivity index (χ3n) is 4.41. The topological polar surface area (TPSA) is 72.0 Å². The first kappa shape index (κ1) is 17.6. The smallest absolute Gasteiger partial charge is 0.154 e. The predicted molar refractivity (Wildman–Crippen MR) is 103 cm³/mol. The Kier molecular flexibility index (Phi) is 5.84. The molecule has 0 spiro atoms. The van der Waals surface area contributed by atoms with Crippen molar-refractivity contribution in [2.75, 3.05) is 5.73 Å². The Balaban J connectivity index is 0.000000219. The van der Waals surface area contributed by atoms with Gasteiger partial charge in [-0.2, -0.15) is 0 Å². The second-order valence-electron chi connectivity index (χ2n) is 6.28. The lowest BCUT2D eigenvalue weighted by atomic mass is 9.98. The van der Waals surface area contributed by atoms with Gasteiger partial charge in [-0.1, -0.05) is 67.3 Å². The van der Waals surface area contributed by atoms with E-state index >= 15 is 0 Å². The van der Waals surface area contributed by atoms with Crippen molar-refractivity contribution in [1.82, 2.24) is 10.2 Å². The SMILES string of the molecule is Nc1nnc(-c2ccc(Cl)cc2)c2ccccc12.OC1CCCCC1. The number of anilines is 1. The molecule has 0 saturated heterocycles. The molecule has 1 aromatic heterocycles. The second-order valence-corrected chi connectivity index (χ2v) is 6.71. The van der Waals surface area contributed by atoms with Crippen molar-refractivity contribution in [1.29, 1.82) is 0 Å². The van der Waals surface area contributed by atoms with Crippen LogP contribution in [0.15, 0.2) is 48.5 Å². The lowest BCUT2D eigenvalue weighted by Gasteiger charge is -2.14. The number of nitrogens with two attached hydrogens (primary N) is 1. The van der Waals surface area contributed by atoms with Gasteiger partial charge in [0.2, 0.25) is 0 Å². The monoisotopic (exact) mass is 355 g/mol. The third-order valence-corrected chi connectivity index (χ3v) is 4.66. The Morgan fingerprint density at radius 1 is 0.880 bits per heavy atom. The molecule has 5 heteroatoms. The number of aliphatic hydroxyl groups is 1. The van der Waals surface area contributed by atoms with E-state index < -0.39 is 0 Å². The molecule has 1 heterocycles. The van der Waals surface area contributed by atoms with Crippen molar-refractivity contribution in [3.05, 3.63) is 53.6 Å². The first-order valence-electron chi connectivity index (χ1n) is 8.60. The molecule has 1 aliphatic rings. The fraction of sp³-hybridized carbons (Fsp3) is 0.300. The Bertz CT molecular complexity index is 830. The average Bonchev–Trinajstić information content (AvgIpc) is 2.65. The summed E-state index contributed by atoms with van der Waals surface area (Å²) in [6, 6.07) is 15.4. The highest BCUT2D eigenvalue weighted by molar-refractivity contribution is 6.30. The van der Waals surface area contributed by atoms with E-state index in [4.69, 9.17) is 22.4 Å². The largest absolute Gasteiger partial charge is 0.393 e. The molecule has 2 aromatic carbocycles. The van der Waals surface area contributed by atoms with Gasteiger partial charge in [-0.05, 0) is 25.0 Å². The van der Waals surface area contributed by atoms with Gasteiger partial charge in [0.15, 0.2) is 5.82 Å². The van der Waals surface area contributed by atoms with Crippen molar-refractivity contribution in [3.8, 4) is 11.3 Å². The molecule has 4 rings (SSSR count). The van der Waals surface area contributed by atoms with Crippen LogP contribution in [0.2, 0.25) is 5.02 Å². The van der Waals surface area contributed by atoms with Crippen LogP contribution >= 0.6 is 11.6 Å². The highest BCUT2D eigenvalue weighted by Crippen LogP contribution is 2.28. The van der Waals surface area contributed by atoms with Crippen molar-refractivity contribution in [2.24, 2.45) is 0 Å². The summed E-state index contributed by atoms with van der Waals surface area (Å²) in [7, 11) is 0. The normalized spacial score (nSPS) is 14.8. The molecule has 0 radical (unpaired) electrons. The van der Waals surface area contributed by atoms with Crippen LogP contribution in [-0.2, 0) is 0 Å². The van der Waals surface area contributed by atoms with Crippen molar-refractivity contribution in [3.63, 3.8) is 0 Å². The molecule has 25 heavy (non-hydrogen) atoms. The maximum Gasteiger partial charge on any atom is 0.154 e. The molecule has 0 atom stereocenters. The van der Waals surface area contributed by atoms with Gasteiger partial charge < -0.3 is 10.8 Å². The van der Waals surface area contributed by atoms with Gasteiger partial charge in [-0.15, -0.1) is 10.2 Å². The number of benzene rings is 2. The molecular formula is C20H22ClN3O. The van der Waals surface area contributed by atoms with E-state index in [0.717, 1.165) is 34.9 Å².